The lowest BCUT2D eigenvalue weighted by atomic mass is 10.1. The molecule has 1 amide bonds. The molecule has 142 valence electrons. The summed E-state index contributed by atoms with van der Waals surface area (Å²) in [5, 5.41) is 14.8. The van der Waals surface area contributed by atoms with Gasteiger partial charge in [0.15, 0.2) is 0 Å². The highest BCUT2D eigenvalue weighted by Crippen LogP contribution is 2.31. The number of piperazine rings is 1. The number of hydrogen-bond donors (Lipinski definition) is 1. The summed E-state index contributed by atoms with van der Waals surface area (Å²) in [4.78, 5) is 27.5. The molecule has 1 atom stereocenters. The van der Waals surface area contributed by atoms with Crippen LogP contribution >= 0.6 is 11.6 Å². The molecule has 1 aliphatic heterocycles. The molecule has 1 saturated heterocycles. The summed E-state index contributed by atoms with van der Waals surface area (Å²) in [5.41, 5.74) is 0.611. The summed E-state index contributed by atoms with van der Waals surface area (Å²) >= 11 is 5.89. The maximum Gasteiger partial charge on any atom is 0.294 e. The van der Waals surface area contributed by atoms with E-state index in [1.54, 1.807) is 12.1 Å². The fraction of sp³-hybridized carbons (Fsp3) is 0.611. The van der Waals surface area contributed by atoms with E-state index in [2.05, 4.69) is 10.2 Å². The summed E-state index contributed by atoms with van der Waals surface area (Å²) in [6.07, 6.45) is 4.54. The van der Waals surface area contributed by atoms with E-state index in [1.165, 1.54) is 18.9 Å². The van der Waals surface area contributed by atoms with Gasteiger partial charge in [-0.3, -0.25) is 19.8 Å². The number of nitrogens with one attached hydrogen (secondary N) is 1. The van der Waals surface area contributed by atoms with Gasteiger partial charge in [0.25, 0.3) is 5.69 Å². The Balaban J connectivity index is 1.58. The highest BCUT2D eigenvalue weighted by molar-refractivity contribution is 6.30. The molecule has 0 radical (unpaired) electrons. The smallest absolute Gasteiger partial charge is 0.294 e. The maximum absolute atomic E-state index is 12.5. The van der Waals surface area contributed by atoms with Crippen molar-refractivity contribution in [1.82, 2.24) is 10.2 Å². The largest absolute Gasteiger partial charge is 0.363 e. The zero-order valence-electron chi connectivity index (χ0n) is 15.0. The molecule has 2 fully saturated rings. The molecule has 0 unspecified atom stereocenters. The second-order valence-electron chi connectivity index (χ2n) is 7.08. The van der Waals surface area contributed by atoms with E-state index >= 15 is 0 Å². The van der Waals surface area contributed by atoms with Crippen molar-refractivity contribution >= 4 is 28.9 Å². The lowest BCUT2D eigenvalue weighted by molar-refractivity contribution is -0.384. The van der Waals surface area contributed by atoms with Crippen LogP contribution in [0.5, 0.6) is 0 Å². The van der Waals surface area contributed by atoms with Gasteiger partial charge in [0.1, 0.15) is 5.69 Å². The molecule has 1 saturated carbocycles. The van der Waals surface area contributed by atoms with Gasteiger partial charge in [0.05, 0.1) is 11.0 Å². The number of hydrogen-bond acceptors (Lipinski definition) is 5. The van der Waals surface area contributed by atoms with Crippen LogP contribution in [0.2, 0.25) is 5.02 Å². The van der Waals surface area contributed by atoms with Crippen LogP contribution < -0.4 is 10.2 Å². The highest BCUT2D eigenvalue weighted by Gasteiger charge is 2.29. The number of carbonyl (C=O) groups excluding carboxylic acids is 1. The summed E-state index contributed by atoms with van der Waals surface area (Å²) in [5.74, 6) is 0.0859. The molecule has 2 aliphatic rings. The number of halogens is 1. The van der Waals surface area contributed by atoms with Crippen molar-refractivity contribution in [3.63, 3.8) is 0 Å². The third-order valence-electron chi connectivity index (χ3n) is 5.42. The van der Waals surface area contributed by atoms with Gasteiger partial charge in [-0.1, -0.05) is 24.4 Å². The Hall–Kier alpha value is -1.86. The molecule has 1 aromatic carbocycles. The van der Waals surface area contributed by atoms with Crippen molar-refractivity contribution < 1.29 is 9.72 Å². The first-order valence-electron chi connectivity index (χ1n) is 9.19. The molecule has 1 heterocycles. The van der Waals surface area contributed by atoms with Crippen LogP contribution in [0.3, 0.4) is 0 Å². The number of benzene rings is 1. The van der Waals surface area contributed by atoms with Crippen LogP contribution in [0.1, 0.15) is 32.6 Å². The number of nitrogens with zero attached hydrogens (tertiary/aromatic N) is 3. The number of amides is 1. The average Bonchev–Trinajstić information content (AvgIpc) is 3.14. The molecule has 1 N–H and O–H groups in total. The summed E-state index contributed by atoms with van der Waals surface area (Å²) < 4.78 is 0. The van der Waals surface area contributed by atoms with Gasteiger partial charge in [-0.2, -0.15) is 0 Å². The number of carbonyl (C=O) groups is 1. The summed E-state index contributed by atoms with van der Waals surface area (Å²) in [6.45, 7) is 4.61. The predicted molar refractivity (Wildman–Crippen MR) is 102 cm³/mol. The minimum Gasteiger partial charge on any atom is -0.363 e. The van der Waals surface area contributed by atoms with Crippen molar-refractivity contribution in [3.8, 4) is 0 Å². The topological polar surface area (TPSA) is 78.7 Å². The number of nitro benzene ring substituents is 1. The Bertz CT molecular complexity index is 670. The third kappa shape index (κ3) is 4.27. The Morgan fingerprint density at radius 3 is 2.54 bits per heavy atom. The normalized spacial score (nSPS) is 20.2. The predicted octanol–water partition coefficient (Wildman–Crippen LogP) is 2.82. The molecule has 8 heteroatoms. The number of anilines is 1. The van der Waals surface area contributed by atoms with Crippen LogP contribution in [-0.4, -0.2) is 54.0 Å². The quantitative estimate of drug-likeness (QED) is 0.627. The van der Waals surface area contributed by atoms with E-state index in [9.17, 15) is 14.9 Å². The van der Waals surface area contributed by atoms with E-state index in [0.29, 0.717) is 42.9 Å². The van der Waals surface area contributed by atoms with Crippen LogP contribution in [0.15, 0.2) is 18.2 Å². The van der Waals surface area contributed by atoms with Crippen molar-refractivity contribution in [3.05, 3.63) is 33.3 Å². The second kappa shape index (κ2) is 8.22. The lowest BCUT2D eigenvalue weighted by Crippen LogP contribution is -2.55. The van der Waals surface area contributed by atoms with E-state index in [-0.39, 0.29) is 17.6 Å². The van der Waals surface area contributed by atoms with Crippen LogP contribution in [0.4, 0.5) is 11.4 Å². The molecule has 3 rings (SSSR count). The molecule has 1 aromatic rings. The monoisotopic (exact) mass is 380 g/mol. The van der Waals surface area contributed by atoms with Crippen LogP contribution in [0.25, 0.3) is 0 Å². The van der Waals surface area contributed by atoms with Gasteiger partial charge in [0, 0.05) is 43.3 Å². The first-order chi connectivity index (χ1) is 12.5. The zero-order chi connectivity index (χ0) is 18.7. The van der Waals surface area contributed by atoms with Gasteiger partial charge in [-0.05, 0) is 31.9 Å². The minimum atomic E-state index is -0.398. The maximum atomic E-state index is 12.5. The Morgan fingerprint density at radius 1 is 1.27 bits per heavy atom. The summed E-state index contributed by atoms with van der Waals surface area (Å²) in [6, 6.07) is 4.90. The second-order valence-corrected chi connectivity index (χ2v) is 7.52. The van der Waals surface area contributed by atoms with Gasteiger partial charge in [-0.25, -0.2) is 0 Å². The first-order valence-corrected chi connectivity index (χ1v) is 9.57. The highest BCUT2D eigenvalue weighted by atomic mass is 35.5. The van der Waals surface area contributed by atoms with Crippen molar-refractivity contribution in [1.29, 1.82) is 0 Å². The molecule has 0 spiro atoms. The van der Waals surface area contributed by atoms with Crippen molar-refractivity contribution in [2.24, 2.45) is 0 Å². The number of rotatable bonds is 5. The molecule has 7 nitrogen and oxygen atoms in total. The van der Waals surface area contributed by atoms with Crippen molar-refractivity contribution in [2.75, 3.05) is 31.1 Å². The van der Waals surface area contributed by atoms with Gasteiger partial charge >= 0.3 is 0 Å². The van der Waals surface area contributed by atoms with E-state index < -0.39 is 4.92 Å². The van der Waals surface area contributed by atoms with Gasteiger partial charge in [0.2, 0.25) is 5.91 Å². The van der Waals surface area contributed by atoms with E-state index in [0.717, 1.165) is 12.8 Å². The average molecular weight is 381 g/mol. The third-order valence-corrected chi connectivity index (χ3v) is 5.65. The number of nitro groups is 1. The molecule has 0 aromatic heterocycles. The minimum absolute atomic E-state index is 0.0259. The Morgan fingerprint density at radius 2 is 1.92 bits per heavy atom. The fourth-order valence-corrected chi connectivity index (χ4v) is 3.98. The van der Waals surface area contributed by atoms with E-state index in [1.807, 2.05) is 11.8 Å². The molecule has 1 aliphatic carbocycles. The van der Waals surface area contributed by atoms with Gasteiger partial charge in [-0.15, -0.1) is 0 Å². The van der Waals surface area contributed by atoms with Crippen LogP contribution in [-0.2, 0) is 4.79 Å². The van der Waals surface area contributed by atoms with Crippen molar-refractivity contribution in [2.45, 2.75) is 44.7 Å². The molecule has 0 bridgehead atoms. The molecule has 26 heavy (non-hydrogen) atoms. The SMILES string of the molecule is C[C@@H](C(=O)NC1CCCC1)N1CCN(c2ccc(Cl)cc2[N+](=O)[O-])CC1. The van der Waals surface area contributed by atoms with E-state index in [4.69, 9.17) is 11.6 Å². The Kier molecular flexibility index (Phi) is 5.98. The fourth-order valence-electron chi connectivity index (χ4n) is 3.82. The van der Waals surface area contributed by atoms with Gasteiger partial charge < -0.3 is 10.2 Å². The molecular formula is C18H25ClN4O3. The summed E-state index contributed by atoms with van der Waals surface area (Å²) in [7, 11) is 0. The van der Waals surface area contributed by atoms with Crippen LogP contribution in [0, 0.1) is 10.1 Å². The Labute approximate surface area is 158 Å². The lowest BCUT2D eigenvalue weighted by Gasteiger charge is -2.38. The standard InChI is InChI=1S/C18H25ClN4O3/c1-13(18(24)20-15-4-2-3-5-15)21-8-10-22(11-9-21)16-7-6-14(19)12-17(16)23(25)26/h6-7,12-13,15H,2-5,8-11H2,1H3,(H,20,24)/t13-/m0/s1. The zero-order valence-corrected chi connectivity index (χ0v) is 15.7. The molecular weight excluding hydrogens is 356 g/mol. The first kappa shape index (κ1) is 18.9.